The van der Waals surface area contributed by atoms with Crippen molar-refractivity contribution in [3.63, 3.8) is 0 Å². The van der Waals surface area contributed by atoms with Crippen molar-refractivity contribution in [2.45, 2.75) is 38.7 Å². The third-order valence-corrected chi connectivity index (χ3v) is 5.55. The van der Waals surface area contributed by atoms with Crippen LogP contribution in [0.5, 0.6) is 0 Å². The number of rotatable bonds is 6. The van der Waals surface area contributed by atoms with Gasteiger partial charge in [-0.2, -0.15) is 0 Å². The number of anilines is 1. The fourth-order valence-corrected chi connectivity index (χ4v) is 3.59. The molecule has 2 N–H and O–H groups in total. The molecule has 2 heterocycles. The molecule has 0 aromatic heterocycles. The molecule has 1 atom stereocenters. The van der Waals surface area contributed by atoms with Crippen molar-refractivity contribution < 1.29 is 14.3 Å². The zero-order valence-corrected chi connectivity index (χ0v) is 16.3. The monoisotopic (exact) mass is 387 g/mol. The molecule has 3 rings (SSSR count). The normalized spacial score (nSPS) is 19.7. The SMILES string of the molecule is CCC(=S)N1CC=C(c2ccc(N3C[C@H](CCC(N)=O)OC3=O)cc2)CC1. The number of carbonyl (C=O) groups is 2. The first-order valence-electron chi connectivity index (χ1n) is 9.31. The molecule has 0 spiro atoms. The van der Waals surface area contributed by atoms with Crippen LogP contribution in [0.1, 0.15) is 38.2 Å². The number of hydrogen-bond acceptors (Lipinski definition) is 4. The van der Waals surface area contributed by atoms with Gasteiger partial charge in [-0.25, -0.2) is 4.79 Å². The van der Waals surface area contributed by atoms with Crippen LogP contribution in [0.4, 0.5) is 10.5 Å². The highest BCUT2D eigenvalue weighted by Gasteiger charge is 2.32. The molecule has 0 bridgehead atoms. The van der Waals surface area contributed by atoms with Crippen molar-refractivity contribution in [2.24, 2.45) is 5.73 Å². The van der Waals surface area contributed by atoms with Crippen LogP contribution in [0, 0.1) is 0 Å². The van der Waals surface area contributed by atoms with Crippen molar-refractivity contribution in [2.75, 3.05) is 24.5 Å². The van der Waals surface area contributed by atoms with E-state index in [2.05, 4.69) is 17.9 Å². The molecule has 27 heavy (non-hydrogen) atoms. The Kier molecular flexibility index (Phi) is 6.11. The van der Waals surface area contributed by atoms with Crippen molar-refractivity contribution >= 4 is 40.5 Å². The Balaban J connectivity index is 1.62. The van der Waals surface area contributed by atoms with E-state index in [0.717, 1.165) is 36.6 Å². The maximum atomic E-state index is 12.1. The first kappa shape index (κ1) is 19.4. The lowest BCUT2D eigenvalue weighted by molar-refractivity contribution is -0.118. The molecule has 2 amide bonds. The van der Waals surface area contributed by atoms with Gasteiger partial charge in [-0.15, -0.1) is 0 Å². The highest BCUT2D eigenvalue weighted by Crippen LogP contribution is 2.28. The highest BCUT2D eigenvalue weighted by molar-refractivity contribution is 7.80. The molecule has 0 aliphatic carbocycles. The number of carbonyl (C=O) groups excluding carboxylic acids is 2. The summed E-state index contributed by atoms with van der Waals surface area (Å²) in [7, 11) is 0. The van der Waals surface area contributed by atoms with Gasteiger partial charge in [-0.3, -0.25) is 9.69 Å². The van der Waals surface area contributed by atoms with E-state index in [1.165, 1.54) is 11.1 Å². The minimum atomic E-state index is -0.382. The summed E-state index contributed by atoms with van der Waals surface area (Å²) in [6.07, 6.45) is 4.09. The number of nitrogens with two attached hydrogens (primary N) is 1. The molecule has 1 aromatic rings. The van der Waals surface area contributed by atoms with Crippen LogP contribution in [0.15, 0.2) is 30.3 Å². The lowest BCUT2D eigenvalue weighted by atomic mass is 9.99. The first-order chi connectivity index (χ1) is 13.0. The van der Waals surface area contributed by atoms with E-state index in [4.69, 9.17) is 22.7 Å². The van der Waals surface area contributed by atoms with E-state index >= 15 is 0 Å². The van der Waals surface area contributed by atoms with Gasteiger partial charge in [0.05, 0.1) is 11.5 Å². The number of nitrogens with zero attached hydrogens (tertiary/aromatic N) is 2. The van der Waals surface area contributed by atoms with Crippen LogP contribution < -0.4 is 10.6 Å². The number of ether oxygens (including phenoxy) is 1. The third-order valence-electron chi connectivity index (χ3n) is 5.00. The van der Waals surface area contributed by atoms with Crippen LogP contribution in [-0.4, -0.2) is 47.6 Å². The summed E-state index contributed by atoms with van der Waals surface area (Å²) in [5, 5.41) is 0. The molecule has 1 saturated heterocycles. The molecule has 7 heteroatoms. The van der Waals surface area contributed by atoms with Crippen LogP contribution in [0.3, 0.4) is 0 Å². The van der Waals surface area contributed by atoms with Gasteiger partial charge in [0.25, 0.3) is 0 Å². The molecule has 1 aromatic carbocycles. The fraction of sp³-hybridized carbons (Fsp3) is 0.450. The van der Waals surface area contributed by atoms with Crippen molar-refractivity contribution in [1.29, 1.82) is 0 Å². The summed E-state index contributed by atoms with van der Waals surface area (Å²) < 4.78 is 5.32. The molecule has 144 valence electrons. The average Bonchev–Trinajstić information content (AvgIpc) is 3.06. The topological polar surface area (TPSA) is 75.9 Å². The largest absolute Gasteiger partial charge is 0.444 e. The zero-order valence-electron chi connectivity index (χ0n) is 15.5. The Morgan fingerprint density at radius 2 is 2.07 bits per heavy atom. The standard InChI is InChI=1S/C20H25N3O3S/c1-2-19(27)22-11-9-15(10-12-22)14-3-5-16(6-4-14)23-13-17(26-20(23)25)7-8-18(21)24/h3-6,9,17H,2,7-8,10-13H2,1H3,(H2,21,24)/t17-/m0/s1. The smallest absolute Gasteiger partial charge is 0.414 e. The van der Waals surface area contributed by atoms with Crippen LogP contribution in [0.25, 0.3) is 5.57 Å². The van der Waals surface area contributed by atoms with Gasteiger partial charge in [0.2, 0.25) is 5.91 Å². The predicted octanol–water partition coefficient (Wildman–Crippen LogP) is 3.10. The number of amides is 2. The number of benzene rings is 1. The van der Waals surface area contributed by atoms with Gasteiger partial charge in [0.1, 0.15) is 6.10 Å². The van der Waals surface area contributed by atoms with Crippen molar-refractivity contribution in [1.82, 2.24) is 4.90 Å². The van der Waals surface area contributed by atoms with E-state index in [9.17, 15) is 9.59 Å². The minimum Gasteiger partial charge on any atom is -0.444 e. The Morgan fingerprint density at radius 3 is 2.67 bits per heavy atom. The summed E-state index contributed by atoms with van der Waals surface area (Å²) in [6.45, 7) is 4.32. The lowest BCUT2D eigenvalue weighted by Gasteiger charge is -2.28. The first-order valence-corrected chi connectivity index (χ1v) is 9.72. The van der Waals surface area contributed by atoms with E-state index in [0.29, 0.717) is 13.0 Å². The second-order valence-electron chi connectivity index (χ2n) is 6.84. The fourth-order valence-electron chi connectivity index (χ4n) is 3.42. The molecular formula is C20H25N3O3S. The third kappa shape index (κ3) is 4.66. The predicted molar refractivity (Wildman–Crippen MR) is 110 cm³/mol. The molecule has 0 saturated carbocycles. The second-order valence-corrected chi connectivity index (χ2v) is 7.31. The van der Waals surface area contributed by atoms with Gasteiger partial charge < -0.3 is 15.4 Å². The van der Waals surface area contributed by atoms with Gasteiger partial charge in [-0.05, 0) is 42.5 Å². The number of primary amides is 1. The van der Waals surface area contributed by atoms with Gasteiger partial charge in [0.15, 0.2) is 0 Å². The average molecular weight is 388 g/mol. The highest BCUT2D eigenvalue weighted by atomic mass is 32.1. The van der Waals surface area contributed by atoms with Crippen molar-refractivity contribution in [3.8, 4) is 0 Å². The summed E-state index contributed by atoms with van der Waals surface area (Å²) >= 11 is 5.38. The van der Waals surface area contributed by atoms with E-state index in [1.807, 2.05) is 24.3 Å². The van der Waals surface area contributed by atoms with Crippen LogP contribution >= 0.6 is 12.2 Å². The Hall–Kier alpha value is -2.41. The quantitative estimate of drug-likeness (QED) is 0.759. The number of thiocarbonyl (C=S) groups is 1. The zero-order chi connectivity index (χ0) is 19.4. The molecule has 2 aliphatic rings. The Labute approximate surface area is 164 Å². The van der Waals surface area contributed by atoms with Gasteiger partial charge in [-0.1, -0.05) is 37.4 Å². The maximum Gasteiger partial charge on any atom is 0.414 e. The lowest BCUT2D eigenvalue weighted by Crippen LogP contribution is -2.32. The van der Waals surface area contributed by atoms with Gasteiger partial charge >= 0.3 is 6.09 Å². The second kappa shape index (κ2) is 8.52. The van der Waals surface area contributed by atoms with Gasteiger partial charge in [0, 0.05) is 25.2 Å². The maximum absolute atomic E-state index is 12.1. The van der Waals surface area contributed by atoms with Crippen molar-refractivity contribution in [3.05, 3.63) is 35.9 Å². The molecule has 0 unspecified atom stereocenters. The minimum absolute atomic E-state index is 0.220. The summed E-state index contributed by atoms with van der Waals surface area (Å²) in [6, 6.07) is 7.96. The molecule has 2 aliphatic heterocycles. The molecular weight excluding hydrogens is 362 g/mol. The number of cyclic esters (lactones) is 1. The van der Waals surface area contributed by atoms with Crippen LogP contribution in [-0.2, 0) is 9.53 Å². The summed E-state index contributed by atoms with van der Waals surface area (Å²) in [5.74, 6) is -0.382. The number of hydrogen-bond donors (Lipinski definition) is 1. The molecule has 1 fully saturated rings. The van der Waals surface area contributed by atoms with E-state index < -0.39 is 0 Å². The Bertz CT molecular complexity index is 760. The van der Waals surface area contributed by atoms with E-state index in [-0.39, 0.29) is 24.5 Å². The molecule has 6 nitrogen and oxygen atoms in total. The van der Waals surface area contributed by atoms with E-state index in [1.54, 1.807) is 4.90 Å². The summed E-state index contributed by atoms with van der Waals surface area (Å²) in [5.41, 5.74) is 8.44. The Morgan fingerprint density at radius 1 is 1.33 bits per heavy atom. The van der Waals surface area contributed by atoms with Crippen LogP contribution in [0.2, 0.25) is 0 Å². The summed E-state index contributed by atoms with van der Waals surface area (Å²) in [4.78, 5) is 27.9. The molecule has 0 radical (unpaired) electrons.